The zero-order valence-electron chi connectivity index (χ0n) is 11.9. The van der Waals surface area contributed by atoms with Crippen LogP contribution in [0.5, 0.6) is 0 Å². The summed E-state index contributed by atoms with van der Waals surface area (Å²) in [6.45, 7) is 2.05. The molecule has 1 aromatic heterocycles. The van der Waals surface area contributed by atoms with E-state index in [1.165, 1.54) is 4.90 Å². The minimum atomic E-state index is -0.383. The van der Waals surface area contributed by atoms with Crippen LogP contribution in [0.3, 0.4) is 0 Å². The summed E-state index contributed by atoms with van der Waals surface area (Å²) in [5.74, 6) is 1.87. The van der Waals surface area contributed by atoms with Crippen LogP contribution in [0.15, 0.2) is 52.0 Å². The molecule has 0 fully saturated rings. The Morgan fingerprint density at radius 2 is 2.00 bits per heavy atom. The molecule has 1 aromatic carbocycles. The molecule has 20 heavy (non-hydrogen) atoms. The molecule has 0 spiro atoms. The smallest absolute Gasteiger partial charge is 0.114 e. The van der Waals surface area contributed by atoms with Crippen molar-refractivity contribution in [1.82, 2.24) is 5.32 Å². The number of aryl methyl sites for hydroxylation is 1. The van der Waals surface area contributed by atoms with Gasteiger partial charge in [-0.2, -0.15) is 0 Å². The first-order valence-corrected chi connectivity index (χ1v) is 7.72. The van der Waals surface area contributed by atoms with Crippen molar-refractivity contribution in [3.05, 3.63) is 54.0 Å². The molecule has 1 atom stereocenters. The van der Waals surface area contributed by atoms with Gasteiger partial charge in [0, 0.05) is 10.6 Å². The molecule has 0 radical (unpaired) electrons. The van der Waals surface area contributed by atoms with E-state index in [9.17, 15) is 5.11 Å². The van der Waals surface area contributed by atoms with Crippen molar-refractivity contribution in [3.63, 3.8) is 0 Å². The van der Waals surface area contributed by atoms with E-state index < -0.39 is 0 Å². The lowest BCUT2D eigenvalue weighted by Crippen LogP contribution is -2.44. The van der Waals surface area contributed by atoms with E-state index in [2.05, 4.69) is 17.4 Å². The number of benzene rings is 1. The molecule has 2 rings (SSSR count). The van der Waals surface area contributed by atoms with Crippen molar-refractivity contribution in [2.45, 2.75) is 23.8 Å². The van der Waals surface area contributed by atoms with Gasteiger partial charge >= 0.3 is 0 Å². The minimum Gasteiger partial charge on any atom is -0.468 e. The number of likely N-dealkylation sites (N-methyl/N-ethyl adjacent to an activating group) is 1. The van der Waals surface area contributed by atoms with E-state index in [1.807, 2.05) is 38.2 Å². The van der Waals surface area contributed by atoms with Gasteiger partial charge in [-0.1, -0.05) is 30.3 Å². The highest BCUT2D eigenvalue weighted by molar-refractivity contribution is 7.99. The molecule has 0 saturated heterocycles. The van der Waals surface area contributed by atoms with Crippen molar-refractivity contribution < 1.29 is 9.52 Å². The Bertz CT molecular complexity index is 520. The molecule has 4 heteroatoms. The molecule has 2 N–H and O–H groups in total. The summed E-state index contributed by atoms with van der Waals surface area (Å²) >= 11 is 1.76. The zero-order valence-corrected chi connectivity index (χ0v) is 12.7. The lowest BCUT2D eigenvalue weighted by Gasteiger charge is -2.32. The first-order valence-electron chi connectivity index (χ1n) is 6.74. The average molecular weight is 291 g/mol. The highest BCUT2D eigenvalue weighted by Gasteiger charge is 2.29. The Balaban J connectivity index is 2.04. The van der Waals surface area contributed by atoms with E-state index >= 15 is 0 Å². The molecular weight excluding hydrogens is 270 g/mol. The highest BCUT2D eigenvalue weighted by atomic mass is 32.2. The monoisotopic (exact) mass is 291 g/mol. The molecule has 0 aliphatic carbocycles. The number of rotatable bonds is 7. The third kappa shape index (κ3) is 3.26. The molecule has 0 amide bonds. The Morgan fingerprint density at radius 1 is 1.25 bits per heavy atom. The Labute approximate surface area is 124 Å². The number of nitrogens with one attached hydrogen (secondary N) is 1. The number of furan rings is 1. The van der Waals surface area contributed by atoms with Crippen molar-refractivity contribution in [2.75, 3.05) is 19.4 Å². The number of thioether (sulfide) groups is 1. The van der Waals surface area contributed by atoms with Gasteiger partial charge in [0.25, 0.3) is 0 Å². The summed E-state index contributed by atoms with van der Waals surface area (Å²) in [7, 11) is 1.90. The third-order valence-electron chi connectivity index (χ3n) is 3.67. The van der Waals surface area contributed by atoms with E-state index in [1.54, 1.807) is 18.0 Å². The van der Waals surface area contributed by atoms with Crippen LogP contribution in [0, 0.1) is 6.92 Å². The van der Waals surface area contributed by atoms with Crippen molar-refractivity contribution in [2.24, 2.45) is 0 Å². The molecule has 108 valence electrons. The van der Waals surface area contributed by atoms with Gasteiger partial charge in [-0.3, -0.25) is 0 Å². The second-order valence-corrected chi connectivity index (χ2v) is 5.93. The fourth-order valence-corrected chi connectivity index (χ4v) is 3.35. The summed E-state index contributed by atoms with van der Waals surface area (Å²) in [5.41, 5.74) is 0.737. The standard InChI is InChI=1S/C16H21NO2S/c1-13-15(8-10-19-13)20-11-9-16(12-18,17-2)14-6-4-3-5-7-14/h3-8,10,17-18H,9,11-12H2,1-2H3. The molecule has 1 unspecified atom stereocenters. The van der Waals surface area contributed by atoms with Gasteiger partial charge in [0.05, 0.1) is 18.4 Å². The predicted octanol–water partition coefficient (Wildman–Crippen LogP) is 3.18. The Hall–Kier alpha value is -1.23. The summed E-state index contributed by atoms with van der Waals surface area (Å²) in [4.78, 5) is 1.17. The van der Waals surface area contributed by atoms with E-state index in [0.29, 0.717) is 0 Å². The number of hydrogen-bond acceptors (Lipinski definition) is 4. The minimum absolute atomic E-state index is 0.0818. The quantitative estimate of drug-likeness (QED) is 0.769. The van der Waals surface area contributed by atoms with Crippen molar-refractivity contribution >= 4 is 11.8 Å². The second-order valence-electron chi connectivity index (χ2n) is 4.80. The van der Waals surface area contributed by atoms with Gasteiger partial charge in [-0.05, 0) is 32.0 Å². The summed E-state index contributed by atoms with van der Waals surface area (Å²) < 4.78 is 5.30. The van der Waals surface area contributed by atoms with Gasteiger partial charge in [-0.25, -0.2) is 0 Å². The van der Waals surface area contributed by atoms with Gasteiger partial charge in [-0.15, -0.1) is 11.8 Å². The van der Waals surface area contributed by atoms with Crippen LogP contribution in [0.25, 0.3) is 0 Å². The number of aliphatic hydroxyl groups is 1. The largest absolute Gasteiger partial charge is 0.468 e. The van der Waals surface area contributed by atoms with Crippen LogP contribution < -0.4 is 5.32 Å². The van der Waals surface area contributed by atoms with E-state index in [-0.39, 0.29) is 12.1 Å². The molecule has 1 heterocycles. The average Bonchev–Trinajstić information content (AvgIpc) is 2.90. The zero-order chi connectivity index (χ0) is 14.4. The van der Waals surface area contributed by atoms with Crippen molar-refractivity contribution in [1.29, 1.82) is 0 Å². The van der Waals surface area contributed by atoms with Crippen LogP contribution in [0.1, 0.15) is 17.7 Å². The van der Waals surface area contributed by atoms with Crippen LogP contribution >= 0.6 is 11.8 Å². The SMILES string of the molecule is CNC(CO)(CCSc1ccoc1C)c1ccccc1. The Kier molecular flexibility index (Phi) is 5.29. The first kappa shape index (κ1) is 15.2. The van der Waals surface area contributed by atoms with E-state index in [4.69, 9.17) is 4.42 Å². The summed E-state index contributed by atoms with van der Waals surface area (Å²) in [5, 5.41) is 13.1. The lowest BCUT2D eigenvalue weighted by molar-refractivity contribution is 0.165. The fourth-order valence-electron chi connectivity index (χ4n) is 2.28. The van der Waals surface area contributed by atoms with Crippen LogP contribution in [0.2, 0.25) is 0 Å². The van der Waals surface area contributed by atoms with Gasteiger partial charge in [0.1, 0.15) is 5.76 Å². The normalized spacial score (nSPS) is 14.2. The molecule has 0 bridgehead atoms. The van der Waals surface area contributed by atoms with Crippen LogP contribution in [-0.2, 0) is 5.54 Å². The second kappa shape index (κ2) is 6.97. The Morgan fingerprint density at radius 3 is 2.55 bits per heavy atom. The van der Waals surface area contributed by atoms with Crippen molar-refractivity contribution in [3.8, 4) is 0 Å². The first-order chi connectivity index (χ1) is 9.72. The molecule has 0 saturated carbocycles. The number of aliphatic hydroxyl groups excluding tert-OH is 1. The maximum atomic E-state index is 9.85. The van der Waals surface area contributed by atoms with Gasteiger partial charge < -0.3 is 14.8 Å². The fraction of sp³-hybridized carbons (Fsp3) is 0.375. The lowest BCUT2D eigenvalue weighted by atomic mass is 9.88. The van der Waals surface area contributed by atoms with Gasteiger partial charge in [0.2, 0.25) is 0 Å². The molecule has 3 nitrogen and oxygen atoms in total. The molecule has 0 aliphatic heterocycles. The third-order valence-corrected chi connectivity index (χ3v) is 4.82. The van der Waals surface area contributed by atoms with Crippen LogP contribution in [0.4, 0.5) is 0 Å². The maximum absolute atomic E-state index is 9.85. The molecule has 0 aliphatic rings. The topological polar surface area (TPSA) is 45.4 Å². The highest BCUT2D eigenvalue weighted by Crippen LogP contribution is 2.30. The molecule has 2 aromatic rings. The molecular formula is C16H21NO2S. The van der Waals surface area contributed by atoms with Gasteiger partial charge in [0.15, 0.2) is 0 Å². The van der Waals surface area contributed by atoms with E-state index in [0.717, 1.165) is 23.5 Å². The summed E-state index contributed by atoms with van der Waals surface area (Å²) in [6.07, 6.45) is 2.56. The predicted molar refractivity (Wildman–Crippen MR) is 83.1 cm³/mol. The summed E-state index contributed by atoms with van der Waals surface area (Å²) in [6, 6.07) is 12.1. The number of hydrogen-bond donors (Lipinski definition) is 2. The van der Waals surface area contributed by atoms with Crippen LogP contribution in [-0.4, -0.2) is 24.5 Å². The maximum Gasteiger partial charge on any atom is 0.114 e.